The van der Waals surface area contributed by atoms with Gasteiger partial charge in [-0.25, -0.2) is 13.1 Å². The third-order valence-corrected chi connectivity index (χ3v) is 6.60. The van der Waals surface area contributed by atoms with E-state index in [-0.39, 0.29) is 17.0 Å². The molecule has 1 aromatic heterocycles. The molecule has 2 heterocycles. The summed E-state index contributed by atoms with van der Waals surface area (Å²) in [6, 6.07) is -0.218. The van der Waals surface area contributed by atoms with Crippen molar-refractivity contribution in [1.29, 1.82) is 0 Å². The quantitative estimate of drug-likeness (QED) is 0.839. The van der Waals surface area contributed by atoms with Crippen LogP contribution in [0.4, 0.5) is 0 Å². The van der Waals surface area contributed by atoms with Gasteiger partial charge in [-0.05, 0) is 51.6 Å². The van der Waals surface area contributed by atoms with Crippen LogP contribution < -0.4 is 10.0 Å². The number of rotatable bonds is 4. The number of fused-ring (bicyclic) bond motifs is 1. The molecule has 1 saturated carbocycles. The Balaban J connectivity index is 1.81. The third-order valence-electron chi connectivity index (χ3n) is 4.87. The van der Waals surface area contributed by atoms with Crippen LogP contribution >= 0.6 is 0 Å². The molecule has 7 nitrogen and oxygen atoms in total. The molecule has 2 aliphatic rings. The van der Waals surface area contributed by atoms with Crippen molar-refractivity contribution < 1.29 is 17.7 Å². The van der Waals surface area contributed by atoms with E-state index in [9.17, 15) is 8.42 Å². The highest BCUT2D eigenvalue weighted by molar-refractivity contribution is 7.89. The summed E-state index contributed by atoms with van der Waals surface area (Å²) in [6.07, 6.45) is 1.57. The van der Waals surface area contributed by atoms with E-state index in [2.05, 4.69) is 15.2 Å². The van der Waals surface area contributed by atoms with Crippen molar-refractivity contribution in [3.63, 3.8) is 0 Å². The summed E-state index contributed by atoms with van der Waals surface area (Å²) < 4.78 is 38.7. The third kappa shape index (κ3) is 2.80. The SMILES string of the molecule is CO[C@H]1C[C@@H]2CNC[C@@H]2C[C@@H]1NS(=O)(=O)c1c(C)noc1C. The first-order valence-electron chi connectivity index (χ1n) is 7.61. The van der Waals surface area contributed by atoms with E-state index < -0.39 is 10.0 Å². The molecule has 1 saturated heterocycles. The molecule has 2 fully saturated rings. The summed E-state index contributed by atoms with van der Waals surface area (Å²) in [5, 5.41) is 7.11. The highest BCUT2D eigenvalue weighted by Gasteiger charge is 2.41. The topological polar surface area (TPSA) is 93.5 Å². The summed E-state index contributed by atoms with van der Waals surface area (Å²) in [5.74, 6) is 1.39. The normalized spacial score (nSPS) is 32.1. The van der Waals surface area contributed by atoms with Gasteiger partial charge in [-0.1, -0.05) is 5.16 Å². The second-order valence-electron chi connectivity index (χ2n) is 6.31. The Hall–Kier alpha value is -0.960. The number of aromatic nitrogens is 1. The van der Waals surface area contributed by atoms with Crippen molar-refractivity contribution >= 4 is 10.0 Å². The lowest BCUT2D eigenvalue weighted by molar-refractivity contribution is 0.0194. The van der Waals surface area contributed by atoms with Crippen LogP contribution in [-0.4, -0.2) is 45.9 Å². The second-order valence-corrected chi connectivity index (χ2v) is 7.96. The van der Waals surface area contributed by atoms with Crippen LogP contribution in [0.25, 0.3) is 0 Å². The van der Waals surface area contributed by atoms with Crippen molar-refractivity contribution in [2.45, 2.75) is 43.7 Å². The minimum absolute atomic E-state index is 0.101. The van der Waals surface area contributed by atoms with Crippen molar-refractivity contribution in [2.75, 3.05) is 20.2 Å². The summed E-state index contributed by atoms with van der Waals surface area (Å²) in [4.78, 5) is 0.147. The molecule has 0 spiro atoms. The Morgan fingerprint density at radius 3 is 2.55 bits per heavy atom. The van der Waals surface area contributed by atoms with Gasteiger partial charge in [-0.2, -0.15) is 0 Å². The number of sulfonamides is 1. The van der Waals surface area contributed by atoms with Crippen LogP contribution in [0, 0.1) is 25.7 Å². The van der Waals surface area contributed by atoms with Gasteiger partial charge in [0.25, 0.3) is 0 Å². The second kappa shape index (κ2) is 5.92. The number of ether oxygens (including phenoxy) is 1. The monoisotopic (exact) mass is 329 g/mol. The number of aryl methyl sites for hydroxylation is 2. The molecule has 1 aromatic rings. The Kier molecular flexibility index (Phi) is 4.28. The van der Waals surface area contributed by atoms with E-state index in [0.717, 1.165) is 25.9 Å². The summed E-state index contributed by atoms with van der Waals surface area (Å²) in [5.41, 5.74) is 0.384. The first-order valence-corrected chi connectivity index (χ1v) is 9.09. The maximum absolute atomic E-state index is 12.7. The van der Waals surface area contributed by atoms with Crippen LogP contribution in [0.2, 0.25) is 0 Å². The highest BCUT2D eigenvalue weighted by Crippen LogP contribution is 2.35. The van der Waals surface area contributed by atoms with Crippen molar-refractivity contribution in [3.8, 4) is 0 Å². The van der Waals surface area contributed by atoms with Gasteiger partial charge in [0, 0.05) is 13.2 Å². The molecular formula is C14H23N3O4S. The highest BCUT2D eigenvalue weighted by atomic mass is 32.2. The zero-order chi connectivity index (χ0) is 15.9. The summed E-state index contributed by atoms with van der Waals surface area (Å²) in [6.45, 7) is 5.19. The largest absolute Gasteiger partial charge is 0.380 e. The molecule has 2 N–H and O–H groups in total. The molecule has 0 bridgehead atoms. The molecule has 1 aliphatic heterocycles. The Bertz CT molecular complexity index is 623. The first kappa shape index (κ1) is 15.9. The van der Waals surface area contributed by atoms with Gasteiger partial charge < -0.3 is 14.6 Å². The summed E-state index contributed by atoms with van der Waals surface area (Å²) in [7, 11) is -2.01. The number of methoxy groups -OCH3 is 1. The maximum atomic E-state index is 12.7. The predicted molar refractivity (Wildman–Crippen MR) is 80.0 cm³/mol. The molecular weight excluding hydrogens is 306 g/mol. The predicted octanol–water partition coefficient (Wildman–Crippen LogP) is 0.583. The van der Waals surface area contributed by atoms with E-state index >= 15 is 0 Å². The maximum Gasteiger partial charge on any atom is 0.246 e. The van der Waals surface area contributed by atoms with Gasteiger partial charge in [-0.3, -0.25) is 0 Å². The van der Waals surface area contributed by atoms with Gasteiger partial charge in [-0.15, -0.1) is 0 Å². The van der Waals surface area contributed by atoms with Crippen molar-refractivity contribution in [3.05, 3.63) is 11.5 Å². The zero-order valence-electron chi connectivity index (χ0n) is 13.1. The molecule has 124 valence electrons. The average Bonchev–Trinajstić information content (AvgIpc) is 3.03. The van der Waals surface area contributed by atoms with Crippen LogP contribution in [0.1, 0.15) is 24.3 Å². The van der Waals surface area contributed by atoms with Crippen LogP contribution in [-0.2, 0) is 14.8 Å². The van der Waals surface area contributed by atoms with Gasteiger partial charge >= 0.3 is 0 Å². The first-order chi connectivity index (χ1) is 10.4. The van der Waals surface area contributed by atoms with E-state index in [1.165, 1.54) is 0 Å². The number of hydrogen-bond acceptors (Lipinski definition) is 6. The molecule has 8 heteroatoms. The lowest BCUT2D eigenvalue weighted by Gasteiger charge is -2.37. The van der Waals surface area contributed by atoms with Crippen molar-refractivity contribution in [1.82, 2.24) is 15.2 Å². The zero-order valence-corrected chi connectivity index (χ0v) is 13.9. The smallest absolute Gasteiger partial charge is 0.246 e. The molecule has 0 aromatic carbocycles. The lowest BCUT2D eigenvalue weighted by atomic mass is 9.78. The Labute approximate surface area is 130 Å². The molecule has 0 unspecified atom stereocenters. The molecule has 22 heavy (non-hydrogen) atoms. The molecule has 3 rings (SSSR count). The fourth-order valence-corrected chi connectivity index (χ4v) is 5.39. The van der Waals surface area contributed by atoms with Gasteiger partial charge in [0.2, 0.25) is 10.0 Å². The molecule has 4 atom stereocenters. The van der Waals surface area contributed by atoms with E-state index in [0.29, 0.717) is 23.3 Å². The minimum atomic E-state index is -3.66. The number of nitrogens with one attached hydrogen (secondary N) is 2. The van der Waals surface area contributed by atoms with Gasteiger partial charge in [0.15, 0.2) is 5.76 Å². The Morgan fingerprint density at radius 1 is 1.27 bits per heavy atom. The van der Waals surface area contributed by atoms with Gasteiger partial charge in [0.1, 0.15) is 10.6 Å². The van der Waals surface area contributed by atoms with Crippen LogP contribution in [0.3, 0.4) is 0 Å². The van der Waals surface area contributed by atoms with Crippen LogP contribution in [0.5, 0.6) is 0 Å². The Morgan fingerprint density at radius 2 is 1.95 bits per heavy atom. The fraction of sp³-hybridized carbons (Fsp3) is 0.786. The fourth-order valence-electron chi connectivity index (χ4n) is 3.78. The van der Waals surface area contributed by atoms with Crippen molar-refractivity contribution in [2.24, 2.45) is 11.8 Å². The standard InChI is InChI=1S/C14H23N3O4S/c1-8-14(9(2)21-16-8)22(18,19)17-12-4-10-6-15-7-11(10)5-13(12)20-3/h10-13,15,17H,4-7H2,1-3H3/t10-,11+,12-,13-/m0/s1. The van der Waals surface area contributed by atoms with E-state index in [1.54, 1.807) is 21.0 Å². The molecule has 0 amide bonds. The van der Waals surface area contributed by atoms with E-state index in [1.807, 2.05) is 0 Å². The molecule has 1 aliphatic carbocycles. The average molecular weight is 329 g/mol. The number of hydrogen-bond donors (Lipinski definition) is 2. The minimum Gasteiger partial charge on any atom is -0.380 e. The number of nitrogens with zero attached hydrogens (tertiary/aromatic N) is 1. The van der Waals surface area contributed by atoms with Gasteiger partial charge in [0.05, 0.1) is 6.10 Å². The summed E-state index contributed by atoms with van der Waals surface area (Å²) >= 11 is 0. The van der Waals surface area contributed by atoms with Crippen LogP contribution in [0.15, 0.2) is 9.42 Å². The molecule has 0 radical (unpaired) electrons. The van der Waals surface area contributed by atoms with E-state index in [4.69, 9.17) is 9.26 Å². The lowest BCUT2D eigenvalue weighted by Crippen LogP contribution is -2.50.